The second kappa shape index (κ2) is 6.56. The van der Waals surface area contributed by atoms with Crippen molar-refractivity contribution in [2.45, 2.75) is 24.8 Å². The molecule has 8 heteroatoms. The van der Waals surface area contributed by atoms with Crippen LogP contribution in [0.2, 0.25) is 0 Å². The minimum atomic E-state index is -3.47. The molecule has 1 aromatic carbocycles. The summed E-state index contributed by atoms with van der Waals surface area (Å²) in [5.41, 5.74) is 1.92. The highest BCUT2D eigenvalue weighted by Gasteiger charge is 2.38. The summed E-state index contributed by atoms with van der Waals surface area (Å²) < 4.78 is 39.8. The fourth-order valence-electron chi connectivity index (χ4n) is 2.91. The van der Waals surface area contributed by atoms with Gasteiger partial charge < -0.3 is 14.0 Å². The number of nitrogens with one attached hydrogen (secondary N) is 1. The minimum Gasteiger partial charge on any atom is -0.378 e. The number of sulfonamides is 1. The number of hydrogen-bond donors (Lipinski definition) is 1. The van der Waals surface area contributed by atoms with Gasteiger partial charge in [0.15, 0.2) is 0 Å². The van der Waals surface area contributed by atoms with Crippen molar-refractivity contribution in [2.75, 3.05) is 26.9 Å². The van der Waals surface area contributed by atoms with Crippen LogP contribution in [0.3, 0.4) is 0 Å². The summed E-state index contributed by atoms with van der Waals surface area (Å²) in [5.74, 6) is 0.865. The third kappa shape index (κ3) is 3.25. The first-order valence-electron chi connectivity index (χ1n) is 7.54. The lowest BCUT2D eigenvalue weighted by atomic mass is 10.3. The molecule has 1 N–H and O–H groups in total. The number of imidazole rings is 1. The van der Waals surface area contributed by atoms with Crippen molar-refractivity contribution < 1.29 is 17.9 Å². The maximum atomic E-state index is 12.4. The van der Waals surface area contributed by atoms with E-state index < -0.39 is 21.4 Å². The van der Waals surface area contributed by atoms with Crippen molar-refractivity contribution in [3.63, 3.8) is 0 Å². The highest BCUT2D eigenvalue weighted by molar-refractivity contribution is 7.90. The second-order valence-corrected chi connectivity index (χ2v) is 7.57. The van der Waals surface area contributed by atoms with Crippen LogP contribution in [0.1, 0.15) is 5.82 Å². The molecule has 0 saturated carbocycles. The van der Waals surface area contributed by atoms with Gasteiger partial charge in [-0.05, 0) is 19.1 Å². The number of para-hydroxylation sites is 2. The predicted molar refractivity (Wildman–Crippen MR) is 86.8 cm³/mol. The predicted octanol–water partition coefficient (Wildman–Crippen LogP) is 0.678. The lowest BCUT2D eigenvalue weighted by Crippen LogP contribution is -2.42. The van der Waals surface area contributed by atoms with Gasteiger partial charge in [-0.25, -0.2) is 18.1 Å². The molecule has 1 aliphatic heterocycles. The van der Waals surface area contributed by atoms with Crippen LogP contribution in [0, 0.1) is 6.92 Å². The van der Waals surface area contributed by atoms with E-state index in [2.05, 4.69) is 9.71 Å². The summed E-state index contributed by atoms with van der Waals surface area (Å²) in [7, 11) is -1.97. The monoisotopic (exact) mass is 339 g/mol. The van der Waals surface area contributed by atoms with Crippen LogP contribution in [-0.2, 0) is 26.0 Å². The molecule has 7 nitrogen and oxygen atoms in total. The van der Waals surface area contributed by atoms with Crippen molar-refractivity contribution in [3.8, 4) is 0 Å². The van der Waals surface area contributed by atoms with Crippen molar-refractivity contribution >= 4 is 21.1 Å². The summed E-state index contributed by atoms with van der Waals surface area (Å²) in [6, 6.07) is 7.81. The number of rotatable bonds is 6. The Kier molecular flexibility index (Phi) is 4.67. The third-order valence-corrected chi connectivity index (χ3v) is 6.01. The number of benzene rings is 1. The number of fused-ring (bicyclic) bond motifs is 1. The van der Waals surface area contributed by atoms with E-state index in [1.54, 1.807) is 0 Å². The zero-order valence-corrected chi connectivity index (χ0v) is 14.0. The van der Waals surface area contributed by atoms with Gasteiger partial charge in [0.25, 0.3) is 0 Å². The summed E-state index contributed by atoms with van der Waals surface area (Å²) in [6.45, 7) is 3.22. The quantitative estimate of drug-likeness (QED) is 0.837. The zero-order chi connectivity index (χ0) is 16.4. The van der Waals surface area contributed by atoms with E-state index in [0.717, 1.165) is 16.9 Å². The van der Waals surface area contributed by atoms with Gasteiger partial charge in [0.2, 0.25) is 10.0 Å². The van der Waals surface area contributed by atoms with Crippen molar-refractivity contribution in [1.82, 2.24) is 14.3 Å². The van der Waals surface area contributed by atoms with Gasteiger partial charge in [0.1, 0.15) is 17.2 Å². The van der Waals surface area contributed by atoms with Gasteiger partial charge in [-0.15, -0.1) is 0 Å². The maximum Gasteiger partial charge on any atom is 0.219 e. The smallest absolute Gasteiger partial charge is 0.219 e. The Morgan fingerprint density at radius 3 is 2.96 bits per heavy atom. The first-order valence-corrected chi connectivity index (χ1v) is 9.08. The maximum absolute atomic E-state index is 12.4. The number of methoxy groups -OCH3 is 1. The summed E-state index contributed by atoms with van der Waals surface area (Å²) in [5, 5.41) is -0.659. The number of aromatic nitrogens is 2. The molecule has 0 radical (unpaired) electrons. The molecule has 23 heavy (non-hydrogen) atoms. The van der Waals surface area contributed by atoms with Gasteiger partial charge >= 0.3 is 0 Å². The molecular formula is C15H21N3O4S. The first-order chi connectivity index (χ1) is 11.0. The van der Waals surface area contributed by atoms with Crippen molar-refractivity contribution in [2.24, 2.45) is 0 Å². The Hall–Kier alpha value is -1.48. The summed E-state index contributed by atoms with van der Waals surface area (Å²) in [4.78, 5) is 4.48. The van der Waals surface area contributed by atoms with Crippen LogP contribution in [0.25, 0.3) is 11.0 Å². The van der Waals surface area contributed by atoms with E-state index >= 15 is 0 Å². The summed E-state index contributed by atoms with van der Waals surface area (Å²) >= 11 is 0. The number of nitrogens with zero attached hydrogens (tertiary/aromatic N) is 2. The molecule has 126 valence electrons. The highest BCUT2D eigenvalue weighted by atomic mass is 32.2. The molecule has 1 saturated heterocycles. The van der Waals surface area contributed by atoms with Gasteiger partial charge in [0.05, 0.1) is 24.2 Å². The van der Waals surface area contributed by atoms with Crippen LogP contribution < -0.4 is 4.72 Å². The van der Waals surface area contributed by atoms with E-state index in [4.69, 9.17) is 9.47 Å². The topological polar surface area (TPSA) is 82.5 Å². The van der Waals surface area contributed by atoms with E-state index in [1.807, 2.05) is 35.8 Å². The summed E-state index contributed by atoms with van der Waals surface area (Å²) in [6.07, 6.45) is -0.414. The van der Waals surface area contributed by atoms with E-state index in [9.17, 15) is 8.42 Å². The molecule has 0 bridgehead atoms. The molecule has 2 aromatic rings. The third-order valence-electron chi connectivity index (χ3n) is 4.16. The van der Waals surface area contributed by atoms with Gasteiger partial charge in [-0.1, -0.05) is 12.1 Å². The molecule has 2 unspecified atom stereocenters. The van der Waals surface area contributed by atoms with Crippen molar-refractivity contribution in [3.05, 3.63) is 30.1 Å². The van der Waals surface area contributed by atoms with Crippen LogP contribution in [0.15, 0.2) is 24.3 Å². The van der Waals surface area contributed by atoms with E-state index in [-0.39, 0.29) is 6.61 Å². The molecule has 1 fully saturated rings. The van der Waals surface area contributed by atoms with Crippen LogP contribution >= 0.6 is 0 Å². The number of aryl methyl sites for hydroxylation is 1. The van der Waals surface area contributed by atoms with Gasteiger partial charge in [-0.3, -0.25) is 0 Å². The average Bonchev–Trinajstić information content (AvgIpc) is 3.12. The molecular weight excluding hydrogens is 318 g/mol. The molecule has 2 heterocycles. The Morgan fingerprint density at radius 2 is 2.17 bits per heavy atom. The van der Waals surface area contributed by atoms with Crippen LogP contribution in [0.4, 0.5) is 0 Å². The molecule has 0 aliphatic carbocycles. The SMILES string of the molecule is COC1COCC1S(=O)(=O)NCCn1c(C)nc2ccccc21. The van der Waals surface area contributed by atoms with E-state index in [1.165, 1.54) is 7.11 Å². The first kappa shape index (κ1) is 16.4. The fourth-order valence-corrected chi connectivity index (χ4v) is 4.36. The van der Waals surface area contributed by atoms with Crippen molar-refractivity contribution in [1.29, 1.82) is 0 Å². The minimum absolute atomic E-state index is 0.168. The Labute approximate surface area is 135 Å². The molecule has 0 spiro atoms. The zero-order valence-electron chi connectivity index (χ0n) is 13.2. The number of ether oxygens (including phenoxy) is 2. The standard InChI is InChI=1S/C15H21N3O4S/c1-11-17-12-5-3-4-6-13(12)18(11)8-7-16-23(19,20)15-10-22-9-14(15)21-2/h3-6,14-16H,7-10H2,1-2H3. The van der Waals surface area contributed by atoms with Gasteiger partial charge in [0, 0.05) is 20.2 Å². The Balaban J connectivity index is 1.68. The Morgan fingerprint density at radius 1 is 1.39 bits per heavy atom. The molecule has 1 aromatic heterocycles. The average molecular weight is 339 g/mol. The Bertz CT molecular complexity index is 787. The lowest BCUT2D eigenvalue weighted by molar-refractivity contribution is 0.0828. The normalized spacial score (nSPS) is 22.0. The lowest BCUT2D eigenvalue weighted by Gasteiger charge is -2.17. The van der Waals surface area contributed by atoms with E-state index in [0.29, 0.717) is 19.7 Å². The van der Waals surface area contributed by atoms with Gasteiger partial charge in [-0.2, -0.15) is 0 Å². The second-order valence-electron chi connectivity index (χ2n) is 5.59. The van der Waals surface area contributed by atoms with Crippen LogP contribution in [-0.4, -0.2) is 56.2 Å². The largest absolute Gasteiger partial charge is 0.378 e. The number of hydrogen-bond acceptors (Lipinski definition) is 5. The molecule has 3 rings (SSSR count). The fraction of sp³-hybridized carbons (Fsp3) is 0.533. The molecule has 1 aliphatic rings. The molecule has 2 atom stereocenters. The molecule has 0 amide bonds. The highest BCUT2D eigenvalue weighted by Crippen LogP contribution is 2.17. The van der Waals surface area contributed by atoms with Crippen LogP contribution in [0.5, 0.6) is 0 Å².